The molecule has 0 saturated heterocycles. The van der Waals surface area contributed by atoms with Gasteiger partial charge in [-0.05, 0) is 82.5 Å². The Morgan fingerprint density at radius 1 is 0.576 bits per heavy atom. The van der Waals surface area contributed by atoms with E-state index in [9.17, 15) is 0 Å². The average Bonchev–Trinajstić information content (AvgIpc) is 2.74. The Balaban J connectivity index is 1.95. The van der Waals surface area contributed by atoms with Crippen molar-refractivity contribution < 1.29 is 0 Å². The summed E-state index contributed by atoms with van der Waals surface area (Å²) in [4.78, 5) is 3.54. The van der Waals surface area contributed by atoms with Gasteiger partial charge < -0.3 is 0 Å². The Bertz CT molecular complexity index is 1170. The van der Waals surface area contributed by atoms with Crippen molar-refractivity contribution >= 4 is 58.5 Å². The quantitative estimate of drug-likeness (QED) is 0.220. The largest absolute Gasteiger partial charge is 0.0969 e. The van der Waals surface area contributed by atoms with Gasteiger partial charge in [-0.25, -0.2) is 0 Å². The number of thioether (sulfide) groups is 3. The summed E-state index contributed by atoms with van der Waals surface area (Å²) in [6, 6.07) is 19.4. The normalized spacial score (nSPS) is 11.9. The van der Waals surface area contributed by atoms with E-state index < -0.39 is 0 Å². The molecule has 0 spiro atoms. The third-order valence-corrected chi connectivity index (χ3v) is 9.56. The summed E-state index contributed by atoms with van der Waals surface area (Å²) in [7, 11) is 0. The Hall–Kier alpha value is -1.23. The van der Waals surface area contributed by atoms with Crippen LogP contribution in [-0.2, 0) is 0 Å². The van der Waals surface area contributed by atoms with Crippen molar-refractivity contribution in [1.29, 1.82) is 0 Å². The van der Waals surface area contributed by atoms with Crippen LogP contribution in [0.1, 0.15) is 33.4 Å². The molecule has 0 radical (unpaired) electrons. The van der Waals surface area contributed by atoms with Crippen molar-refractivity contribution in [3.8, 4) is 0 Å². The molecule has 0 bridgehead atoms. The van der Waals surface area contributed by atoms with Gasteiger partial charge in [-0.15, -0.1) is 0 Å². The van der Waals surface area contributed by atoms with Crippen LogP contribution in [0.15, 0.2) is 89.0 Å². The molecule has 0 nitrogen and oxygen atoms in total. The number of benzene rings is 3. The minimum atomic E-state index is 0.547. The van der Waals surface area contributed by atoms with E-state index >= 15 is 0 Å². The average molecular weight is 532 g/mol. The fraction of sp³-hybridized carbons (Fsp3) is 0.214. The monoisotopic (exact) mass is 530 g/mol. The lowest BCUT2D eigenvalue weighted by Crippen LogP contribution is -1.86. The lowest BCUT2D eigenvalue weighted by molar-refractivity contribution is 1.26. The highest BCUT2D eigenvalue weighted by Crippen LogP contribution is 2.44. The fourth-order valence-corrected chi connectivity index (χ4v) is 6.91. The van der Waals surface area contributed by atoms with Crippen molar-refractivity contribution in [2.75, 3.05) is 0 Å². The molecule has 0 saturated carbocycles. The lowest BCUT2D eigenvalue weighted by Gasteiger charge is -2.13. The third-order valence-electron chi connectivity index (χ3n) is 5.04. The lowest BCUT2D eigenvalue weighted by atomic mass is 10.2. The molecule has 3 aromatic carbocycles. The minimum absolute atomic E-state index is 0.547. The second-order valence-corrected chi connectivity index (χ2v) is 12.7. The highest BCUT2D eigenvalue weighted by molar-refractivity contribution is 8.22. The van der Waals surface area contributed by atoms with Gasteiger partial charge in [0.25, 0.3) is 0 Å². The zero-order valence-electron chi connectivity index (χ0n) is 19.8. The van der Waals surface area contributed by atoms with Gasteiger partial charge in [-0.2, -0.15) is 0 Å². The molecule has 0 aliphatic rings. The first-order chi connectivity index (χ1) is 15.6. The number of halogens is 2. The van der Waals surface area contributed by atoms with E-state index in [1.807, 2.05) is 6.08 Å². The van der Waals surface area contributed by atoms with Crippen LogP contribution in [0, 0.1) is 41.5 Å². The van der Waals surface area contributed by atoms with Gasteiger partial charge in [0.05, 0.1) is 13.6 Å². The molecule has 0 amide bonds. The molecule has 0 aromatic heterocycles. The van der Waals surface area contributed by atoms with Crippen LogP contribution < -0.4 is 0 Å². The molecule has 0 heterocycles. The maximum absolute atomic E-state index is 6.75. The van der Waals surface area contributed by atoms with Gasteiger partial charge in [0.15, 0.2) is 0 Å². The van der Waals surface area contributed by atoms with E-state index in [2.05, 4.69) is 96.1 Å². The highest BCUT2D eigenvalue weighted by Gasteiger charge is 2.12. The summed E-state index contributed by atoms with van der Waals surface area (Å²) in [6.07, 6.45) is 1.99. The second-order valence-electron chi connectivity index (χ2n) is 8.20. The van der Waals surface area contributed by atoms with Crippen LogP contribution in [0.5, 0.6) is 0 Å². The molecule has 3 rings (SSSR count). The standard InChI is InChI=1S/C28H28Cl2S3/c1-17-7-10-24(20(4)13-17)31-27(32-25-11-8-18(2)14-21(25)5)16-23(29)28(30)33-26-12-9-19(3)15-22(26)6/h7-16H,1-6H3. The maximum Gasteiger partial charge on any atom is 0.0969 e. The molecule has 33 heavy (non-hydrogen) atoms. The van der Waals surface area contributed by atoms with Gasteiger partial charge >= 0.3 is 0 Å². The summed E-state index contributed by atoms with van der Waals surface area (Å²) in [5.41, 5.74) is 7.46. The maximum atomic E-state index is 6.75. The topological polar surface area (TPSA) is 0 Å². The Morgan fingerprint density at radius 2 is 0.939 bits per heavy atom. The number of aryl methyl sites for hydroxylation is 6. The predicted octanol–water partition coefficient (Wildman–Crippen LogP) is 10.7. The first-order valence-electron chi connectivity index (χ1n) is 10.6. The summed E-state index contributed by atoms with van der Waals surface area (Å²) >= 11 is 18.4. The molecule has 0 unspecified atom stereocenters. The zero-order chi connectivity index (χ0) is 24.1. The van der Waals surface area contributed by atoms with E-state index in [1.54, 1.807) is 23.5 Å². The Kier molecular flexibility index (Phi) is 9.55. The molecule has 0 atom stereocenters. The molecular weight excluding hydrogens is 503 g/mol. The van der Waals surface area contributed by atoms with Crippen LogP contribution in [0.3, 0.4) is 0 Å². The van der Waals surface area contributed by atoms with Gasteiger partial charge in [0, 0.05) is 14.7 Å². The summed E-state index contributed by atoms with van der Waals surface area (Å²) < 4.78 is 1.65. The van der Waals surface area contributed by atoms with E-state index in [4.69, 9.17) is 23.2 Å². The van der Waals surface area contributed by atoms with Crippen molar-refractivity contribution in [2.24, 2.45) is 0 Å². The molecule has 0 aliphatic heterocycles. The number of allylic oxidation sites excluding steroid dienone is 2. The van der Waals surface area contributed by atoms with E-state index in [-0.39, 0.29) is 0 Å². The van der Waals surface area contributed by atoms with Crippen LogP contribution in [0.4, 0.5) is 0 Å². The first kappa shape index (κ1) is 26.4. The number of hydrogen-bond acceptors (Lipinski definition) is 3. The van der Waals surface area contributed by atoms with E-state index in [0.717, 1.165) is 9.13 Å². The van der Waals surface area contributed by atoms with Crippen LogP contribution >= 0.6 is 58.5 Å². The highest BCUT2D eigenvalue weighted by atomic mass is 35.5. The molecular formula is C28H28Cl2S3. The van der Waals surface area contributed by atoms with Crippen LogP contribution in [-0.4, -0.2) is 0 Å². The smallest absolute Gasteiger partial charge is 0.0824 e. The molecule has 0 fully saturated rings. The predicted molar refractivity (Wildman–Crippen MR) is 152 cm³/mol. The van der Waals surface area contributed by atoms with Crippen LogP contribution in [0.2, 0.25) is 0 Å². The minimum Gasteiger partial charge on any atom is -0.0824 e. The molecule has 0 aliphatic carbocycles. The Morgan fingerprint density at radius 3 is 1.30 bits per heavy atom. The summed E-state index contributed by atoms with van der Waals surface area (Å²) in [6.45, 7) is 12.7. The van der Waals surface area contributed by atoms with Crippen molar-refractivity contribution in [1.82, 2.24) is 0 Å². The van der Waals surface area contributed by atoms with E-state index in [0.29, 0.717) is 9.40 Å². The van der Waals surface area contributed by atoms with Gasteiger partial charge in [-0.1, -0.05) is 112 Å². The molecule has 0 N–H and O–H groups in total. The first-order valence-corrected chi connectivity index (χ1v) is 13.8. The third kappa shape index (κ3) is 7.63. The summed E-state index contributed by atoms with van der Waals surface area (Å²) in [5, 5.41) is 0.547. The van der Waals surface area contributed by atoms with Crippen molar-refractivity contribution in [3.05, 3.63) is 108 Å². The fourth-order valence-electron chi connectivity index (χ4n) is 3.34. The summed E-state index contributed by atoms with van der Waals surface area (Å²) in [5.74, 6) is 0. The number of hydrogen-bond donors (Lipinski definition) is 0. The van der Waals surface area contributed by atoms with Gasteiger partial charge in [-0.3, -0.25) is 0 Å². The van der Waals surface area contributed by atoms with Gasteiger partial charge in [0.1, 0.15) is 0 Å². The molecule has 172 valence electrons. The second kappa shape index (κ2) is 12.0. The Labute approximate surface area is 221 Å². The number of rotatable bonds is 7. The zero-order valence-corrected chi connectivity index (χ0v) is 23.7. The van der Waals surface area contributed by atoms with Crippen LogP contribution in [0.25, 0.3) is 0 Å². The van der Waals surface area contributed by atoms with Crippen molar-refractivity contribution in [3.63, 3.8) is 0 Å². The van der Waals surface area contributed by atoms with Gasteiger partial charge in [0.2, 0.25) is 0 Å². The van der Waals surface area contributed by atoms with Crippen molar-refractivity contribution in [2.45, 2.75) is 56.2 Å². The SMILES string of the molecule is Cc1ccc(SC(=CC(Cl)=C(Cl)Sc2ccc(C)cc2C)Sc2ccc(C)cc2C)c(C)c1. The molecule has 5 heteroatoms. The van der Waals surface area contributed by atoms with E-state index in [1.165, 1.54) is 54.9 Å². The molecule has 3 aromatic rings.